The van der Waals surface area contributed by atoms with Crippen molar-refractivity contribution >= 4 is 35.0 Å². The van der Waals surface area contributed by atoms with E-state index in [0.29, 0.717) is 16.3 Å². The summed E-state index contributed by atoms with van der Waals surface area (Å²) in [6.45, 7) is 4.86. The van der Waals surface area contributed by atoms with E-state index in [1.54, 1.807) is 0 Å². The predicted molar refractivity (Wildman–Crippen MR) is 96.6 cm³/mol. The minimum absolute atomic E-state index is 0.177. The van der Waals surface area contributed by atoms with Crippen molar-refractivity contribution in [3.05, 3.63) is 46.3 Å². The molecule has 0 aliphatic rings. The lowest BCUT2D eigenvalue weighted by Crippen LogP contribution is -2.35. The Balaban J connectivity index is 2.30. The fourth-order valence-electron chi connectivity index (χ4n) is 2.08. The number of carbonyl (C=O) groups is 2. The normalized spacial score (nSPS) is 11.2. The number of benzene rings is 1. The molecule has 2 rings (SSSR count). The highest BCUT2D eigenvalue weighted by Gasteiger charge is 2.30. The van der Waals surface area contributed by atoms with E-state index in [1.165, 1.54) is 60.9 Å². The van der Waals surface area contributed by atoms with Crippen LogP contribution in [0.1, 0.15) is 31.1 Å². The average Bonchev–Trinajstić information content (AvgIpc) is 3.04. The molecule has 10 heteroatoms. The van der Waals surface area contributed by atoms with Crippen LogP contribution in [0.5, 0.6) is 0 Å². The molecule has 2 aromatic rings. The molecule has 1 amide bonds. The van der Waals surface area contributed by atoms with E-state index in [9.17, 15) is 24.8 Å². The fourth-order valence-corrected chi connectivity index (χ4v) is 2.86. The monoisotopic (exact) mass is 378 g/mol. The Morgan fingerprint density at radius 3 is 2.69 bits per heavy atom. The molecule has 1 aromatic carbocycles. The van der Waals surface area contributed by atoms with Gasteiger partial charge in [0.05, 0.1) is 22.4 Å². The first-order valence-corrected chi connectivity index (χ1v) is 8.66. The number of aromatic nitrogens is 2. The number of non-ortho nitro benzene ring substituents is 1. The number of nitrogens with one attached hydrogen (secondary N) is 1. The van der Waals surface area contributed by atoms with E-state index in [1.807, 2.05) is 6.92 Å². The van der Waals surface area contributed by atoms with Crippen LogP contribution in [0.2, 0.25) is 0 Å². The number of thioether (sulfide) groups is 1. The molecule has 0 radical (unpaired) electrons. The maximum atomic E-state index is 12.6. The molecule has 1 heterocycles. The highest BCUT2D eigenvalue weighted by Crippen LogP contribution is 2.27. The summed E-state index contributed by atoms with van der Waals surface area (Å²) in [4.78, 5) is 34.9. The summed E-state index contributed by atoms with van der Waals surface area (Å²) in [5.74, 6) is -0.904. The number of carboxylic acid groups (broad SMARTS) is 1. The molecule has 0 aliphatic carbocycles. The van der Waals surface area contributed by atoms with Crippen molar-refractivity contribution in [2.24, 2.45) is 0 Å². The molecule has 0 unspecified atom stereocenters. The van der Waals surface area contributed by atoms with Crippen LogP contribution >= 0.6 is 11.8 Å². The van der Waals surface area contributed by atoms with Gasteiger partial charge in [-0.1, -0.05) is 6.92 Å². The Labute approximate surface area is 153 Å². The highest BCUT2D eigenvalue weighted by atomic mass is 32.2. The second kappa shape index (κ2) is 7.56. The van der Waals surface area contributed by atoms with Gasteiger partial charge in [-0.05, 0) is 25.7 Å². The number of nitrogens with zero attached hydrogens (tertiary/aromatic N) is 3. The summed E-state index contributed by atoms with van der Waals surface area (Å²) in [7, 11) is 0. The third-order valence-electron chi connectivity index (χ3n) is 3.66. The van der Waals surface area contributed by atoms with Crippen LogP contribution in [0.25, 0.3) is 0 Å². The smallest absolute Gasteiger partial charge is 0.331 e. The zero-order chi connectivity index (χ0) is 19.5. The number of amides is 1. The van der Waals surface area contributed by atoms with E-state index in [0.717, 1.165) is 0 Å². The first-order chi connectivity index (χ1) is 12.2. The van der Waals surface area contributed by atoms with Crippen molar-refractivity contribution in [3.63, 3.8) is 0 Å². The summed E-state index contributed by atoms with van der Waals surface area (Å²) in [6, 6.07) is 4.11. The summed E-state index contributed by atoms with van der Waals surface area (Å²) in [6.07, 6.45) is 2.72. The average molecular weight is 378 g/mol. The third kappa shape index (κ3) is 4.02. The summed E-state index contributed by atoms with van der Waals surface area (Å²) < 4.78 is 1.22. The number of hydrogen-bond acceptors (Lipinski definition) is 6. The van der Waals surface area contributed by atoms with Crippen molar-refractivity contribution < 1.29 is 19.6 Å². The second-order valence-corrected chi connectivity index (χ2v) is 7.17. The summed E-state index contributed by atoms with van der Waals surface area (Å²) >= 11 is 1.39. The number of carboxylic acids is 1. The Morgan fingerprint density at radius 2 is 2.12 bits per heavy atom. The van der Waals surface area contributed by atoms with Crippen LogP contribution in [0, 0.1) is 10.1 Å². The molecule has 0 bridgehead atoms. The van der Waals surface area contributed by atoms with Gasteiger partial charge in [0.2, 0.25) is 0 Å². The van der Waals surface area contributed by atoms with Gasteiger partial charge in [-0.15, -0.1) is 11.8 Å². The van der Waals surface area contributed by atoms with Crippen LogP contribution in [-0.4, -0.2) is 37.4 Å². The van der Waals surface area contributed by atoms with Crippen LogP contribution < -0.4 is 5.32 Å². The Morgan fingerprint density at radius 1 is 1.42 bits per heavy atom. The van der Waals surface area contributed by atoms with Crippen LogP contribution in [0.15, 0.2) is 35.5 Å². The van der Waals surface area contributed by atoms with Crippen molar-refractivity contribution in [2.75, 3.05) is 11.1 Å². The van der Waals surface area contributed by atoms with E-state index < -0.39 is 22.3 Å². The predicted octanol–water partition coefficient (Wildman–Crippen LogP) is 2.98. The molecule has 0 spiro atoms. The number of anilines is 1. The largest absolute Gasteiger partial charge is 0.479 e. The number of hydrogen-bond donors (Lipinski definition) is 2. The minimum atomic E-state index is -1.28. The lowest BCUT2D eigenvalue weighted by Gasteiger charge is -2.19. The lowest BCUT2D eigenvalue weighted by molar-refractivity contribution is -0.384. The summed E-state index contributed by atoms with van der Waals surface area (Å²) in [5.41, 5.74) is -0.990. The number of carbonyl (C=O) groups excluding carboxylic acids is 1. The van der Waals surface area contributed by atoms with Gasteiger partial charge in [0.1, 0.15) is 0 Å². The van der Waals surface area contributed by atoms with Crippen LogP contribution in [-0.2, 0) is 10.3 Å². The second-order valence-electron chi connectivity index (χ2n) is 5.86. The quantitative estimate of drug-likeness (QED) is 0.431. The standard InChI is InChI=1S/C16H18N4O5S/c1-4-26-13-6-5-11(20(24)25)7-12(13)14(21)18-10-8-17-19(9-10)16(2,3)15(22)23/h5-9H,4H2,1-3H3,(H,18,21)(H,22,23). The van der Waals surface area contributed by atoms with Crippen molar-refractivity contribution in [2.45, 2.75) is 31.2 Å². The van der Waals surface area contributed by atoms with Gasteiger partial charge in [0.25, 0.3) is 11.6 Å². The third-order valence-corrected chi connectivity index (χ3v) is 4.61. The molecule has 138 valence electrons. The highest BCUT2D eigenvalue weighted by molar-refractivity contribution is 7.99. The van der Waals surface area contributed by atoms with Crippen LogP contribution in [0.4, 0.5) is 11.4 Å². The van der Waals surface area contributed by atoms with Crippen LogP contribution in [0.3, 0.4) is 0 Å². The minimum Gasteiger partial charge on any atom is -0.479 e. The molecule has 0 atom stereocenters. The van der Waals surface area contributed by atoms with E-state index >= 15 is 0 Å². The molecule has 9 nitrogen and oxygen atoms in total. The molecule has 0 fully saturated rings. The van der Waals surface area contributed by atoms with Gasteiger partial charge in [0.15, 0.2) is 5.54 Å². The zero-order valence-electron chi connectivity index (χ0n) is 14.4. The number of rotatable bonds is 7. The van der Waals surface area contributed by atoms with E-state index in [4.69, 9.17) is 0 Å². The SMILES string of the molecule is CCSc1ccc([N+](=O)[O-])cc1C(=O)Nc1cnn(C(C)(C)C(=O)O)c1. The molecule has 0 saturated carbocycles. The number of aliphatic carboxylic acids is 1. The number of nitro groups is 1. The Hall–Kier alpha value is -2.88. The fraction of sp³-hybridized carbons (Fsp3) is 0.312. The van der Waals surface area contributed by atoms with Gasteiger partial charge >= 0.3 is 5.97 Å². The zero-order valence-corrected chi connectivity index (χ0v) is 15.2. The Kier molecular flexibility index (Phi) is 5.66. The van der Waals surface area contributed by atoms with Gasteiger partial charge < -0.3 is 10.4 Å². The van der Waals surface area contributed by atoms with Crippen molar-refractivity contribution in [1.29, 1.82) is 0 Å². The Bertz CT molecular complexity index is 862. The van der Waals surface area contributed by atoms with Gasteiger partial charge in [0, 0.05) is 23.2 Å². The molecular weight excluding hydrogens is 360 g/mol. The summed E-state index contributed by atoms with van der Waals surface area (Å²) in [5, 5.41) is 26.8. The number of nitro benzene ring substituents is 1. The first-order valence-electron chi connectivity index (χ1n) is 7.68. The topological polar surface area (TPSA) is 127 Å². The molecule has 26 heavy (non-hydrogen) atoms. The van der Waals surface area contributed by atoms with Gasteiger partial charge in [-0.3, -0.25) is 19.6 Å². The molecular formula is C16H18N4O5S. The first kappa shape index (κ1) is 19.4. The van der Waals surface area contributed by atoms with Gasteiger partial charge in [-0.25, -0.2) is 4.79 Å². The molecule has 2 N–H and O–H groups in total. The van der Waals surface area contributed by atoms with Gasteiger partial charge in [-0.2, -0.15) is 5.10 Å². The maximum Gasteiger partial charge on any atom is 0.331 e. The van der Waals surface area contributed by atoms with E-state index in [-0.39, 0.29) is 11.3 Å². The van der Waals surface area contributed by atoms with Crippen molar-refractivity contribution in [1.82, 2.24) is 9.78 Å². The maximum absolute atomic E-state index is 12.6. The van der Waals surface area contributed by atoms with E-state index in [2.05, 4.69) is 10.4 Å². The lowest BCUT2D eigenvalue weighted by atomic mass is 10.1. The molecule has 1 aromatic heterocycles. The molecule has 0 saturated heterocycles. The molecule has 0 aliphatic heterocycles. The van der Waals surface area contributed by atoms with Crippen molar-refractivity contribution in [3.8, 4) is 0 Å².